The van der Waals surface area contributed by atoms with Crippen LogP contribution < -0.4 is 20.7 Å². The molecule has 0 unspecified atom stereocenters. The summed E-state index contributed by atoms with van der Waals surface area (Å²) in [7, 11) is -3.62. The van der Waals surface area contributed by atoms with Crippen molar-refractivity contribution in [3.63, 3.8) is 0 Å². The zero-order valence-electron chi connectivity index (χ0n) is 23.4. The smallest absolute Gasteiger partial charge is 0.229 e. The van der Waals surface area contributed by atoms with E-state index in [9.17, 15) is 8.42 Å². The molecule has 1 aliphatic rings. The van der Waals surface area contributed by atoms with Crippen molar-refractivity contribution in [2.45, 2.75) is 76.0 Å². The number of rotatable bonds is 8. The van der Waals surface area contributed by atoms with E-state index >= 15 is 0 Å². The standard InChI is InChI=1S/C29H38ClN5O3S/c1-18(2)38-25-16-21(20-11-13-31-14-12-20)19(3)15-24(25)34-28-32-17-22(30)27(35-28)33-23-9-7-8-10-26(23)39(36,37)29(4,5)6/h7-10,15-18,20,31H,11-14H2,1-6H3,(H2,32,33,34,35). The van der Waals surface area contributed by atoms with Gasteiger partial charge in [-0.1, -0.05) is 23.7 Å². The molecule has 0 saturated carbocycles. The number of nitrogens with zero attached hydrogens (tertiary/aromatic N) is 2. The largest absolute Gasteiger partial charge is 0.489 e. The second-order valence-corrected chi connectivity index (χ2v) is 14.2. The Labute approximate surface area is 236 Å². The second-order valence-electron chi connectivity index (χ2n) is 11.1. The number of para-hydroxylation sites is 1. The van der Waals surface area contributed by atoms with Crippen LogP contribution in [0, 0.1) is 6.92 Å². The summed E-state index contributed by atoms with van der Waals surface area (Å²) in [5, 5.41) is 10.1. The second kappa shape index (κ2) is 11.7. The first kappa shape index (κ1) is 29.1. The van der Waals surface area contributed by atoms with Gasteiger partial charge in [-0.2, -0.15) is 4.98 Å². The predicted molar refractivity (Wildman–Crippen MR) is 159 cm³/mol. The van der Waals surface area contributed by atoms with Gasteiger partial charge in [-0.25, -0.2) is 13.4 Å². The van der Waals surface area contributed by atoms with Gasteiger partial charge in [0.1, 0.15) is 10.8 Å². The van der Waals surface area contributed by atoms with Crippen molar-refractivity contribution in [2.24, 2.45) is 0 Å². The van der Waals surface area contributed by atoms with Gasteiger partial charge in [0.15, 0.2) is 15.7 Å². The molecule has 2 heterocycles. The molecule has 3 N–H and O–H groups in total. The lowest BCUT2D eigenvalue weighted by atomic mass is 9.87. The lowest BCUT2D eigenvalue weighted by molar-refractivity contribution is 0.243. The van der Waals surface area contributed by atoms with E-state index in [-0.39, 0.29) is 16.0 Å². The van der Waals surface area contributed by atoms with E-state index in [1.54, 1.807) is 45.0 Å². The Bertz CT molecular complexity index is 1430. The molecular weight excluding hydrogens is 534 g/mol. The van der Waals surface area contributed by atoms with E-state index in [1.807, 2.05) is 13.8 Å². The molecule has 0 amide bonds. The molecule has 0 bridgehead atoms. The van der Waals surface area contributed by atoms with Gasteiger partial charge in [0.2, 0.25) is 5.95 Å². The third-order valence-corrected chi connectivity index (χ3v) is 9.56. The van der Waals surface area contributed by atoms with Crippen molar-refractivity contribution in [1.29, 1.82) is 0 Å². The first-order valence-corrected chi connectivity index (χ1v) is 15.1. The highest BCUT2D eigenvalue weighted by molar-refractivity contribution is 7.93. The van der Waals surface area contributed by atoms with Gasteiger partial charge in [-0.15, -0.1) is 0 Å². The van der Waals surface area contributed by atoms with Crippen molar-refractivity contribution in [2.75, 3.05) is 23.7 Å². The van der Waals surface area contributed by atoms with Gasteiger partial charge >= 0.3 is 0 Å². The maximum Gasteiger partial charge on any atom is 0.229 e. The van der Waals surface area contributed by atoms with E-state index < -0.39 is 14.6 Å². The molecule has 0 atom stereocenters. The molecular formula is C29H38ClN5O3S. The highest BCUT2D eigenvalue weighted by Gasteiger charge is 2.33. The van der Waals surface area contributed by atoms with Crippen LogP contribution in [-0.4, -0.2) is 42.3 Å². The molecule has 1 saturated heterocycles. The van der Waals surface area contributed by atoms with E-state index in [2.05, 4.69) is 45.0 Å². The quantitative estimate of drug-likeness (QED) is 0.272. The summed E-state index contributed by atoms with van der Waals surface area (Å²) < 4.78 is 31.7. The van der Waals surface area contributed by atoms with Crippen molar-refractivity contribution in [3.8, 4) is 5.75 Å². The van der Waals surface area contributed by atoms with E-state index in [0.717, 1.165) is 37.4 Å². The Morgan fingerprint density at radius 1 is 1.08 bits per heavy atom. The summed E-state index contributed by atoms with van der Waals surface area (Å²) in [5.74, 6) is 1.82. The molecule has 210 valence electrons. The fourth-order valence-electron chi connectivity index (χ4n) is 4.62. The minimum Gasteiger partial charge on any atom is -0.489 e. The highest BCUT2D eigenvalue weighted by Crippen LogP contribution is 2.38. The zero-order valence-corrected chi connectivity index (χ0v) is 25.0. The number of anilines is 4. The number of hydrogen-bond donors (Lipinski definition) is 3. The Morgan fingerprint density at radius 3 is 2.44 bits per heavy atom. The van der Waals surface area contributed by atoms with Gasteiger partial charge in [0, 0.05) is 0 Å². The number of piperidine rings is 1. The molecule has 2 aromatic carbocycles. The van der Waals surface area contributed by atoms with Gasteiger partial charge in [-0.3, -0.25) is 0 Å². The van der Waals surface area contributed by atoms with Crippen LogP contribution in [0.15, 0.2) is 47.5 Å². The summed E-state index contributed by atoms with van der Waals surface area (Å²) in [6.07, 6.45) is 3.66. The van der Waals surface area contributed by atoms with Crippen molar-refractivity contribution >= 4 is 44.6 Å². The first-order chi connectivity index (χ1) is 18.4. The Morgan fingerprint density at radius 2 is 1.77 bits per heavy atom. The molecule has 10 heteroatoms. The molecule has 39 heavy (non-hydrogen) atoms. The maximum atomic E-state index is 13.2. The number of aromatic nitrogens is 2. The molecule has 1 aromatic heterocycles. The van der Waals surface area contributed by atoms with Crippen LogP contribution in [0.4, 0.5) is 23.1 Å². The maximum absolute atomic E-state index is 13.2. The lowest BCUT2D eigenvalue weighted by Gasteiger charge is -2.26. The van der Waals surface area contributed by atoms with Crippen LogP contribution in [-0.2, 0) is 9.84 Å². The molecule has 1 aliphatic heterocycles. The lowest BCUT2D eigenvalue weighted by Crippen LogP contribution is -2.28. The SMILES string of the molecule is Cc1cc(Nc2ncc(Cl)c(Nc3ccccc3S(=O)(=O)C(C)(C)C)n2)c(OC(C)C)cc1C1CCNCC1. The molecule has 4 rings (SSSR count). The van der Waals surface area contributed by atoms with E-state index in [4.69, 9.17) is 16.3 Å². The number of hydrogen-bond acceptors (Lipinski definition) is 8. The molecule has 0 spiro atoms. The fourth-order valence-corrected chi connectivity index (χ4v) is 6.09. The predicted octanol–water partition coefficient (Wildman–Crippen LogP) is 6.75. The van der Waals surface area contributed by atoms with Crippen LogP contribution >= 0.6 is 11.6 Å². The molecule has 3 aromatic rings. The first-order valence-electron chi connectivity index (χ1n) is 13.3. The topological polar surface area (TPSA) is 105 Å². The minimum atomic E-state index is -3.62. The van der Waals surface area contributed by atoms with Gasteiger partial charge in [0.25, 0.3) is 0 Å². The third kappa shape index (κ3) is 6.65. The fraction of sp³-hybridized carbons (Fsp3) is 0.448. The number of ether oxygens (including phenoxy) is 1. The summed E-state index contributed by atoms with van der Waals surface area (Å²) in [6, 6.07) is 11.0. The van der Waals surface area contributed by atoms with Crippen molar-refractivity contribution < 1.29 is 13.2 Å². The summed E-state index contributed by atoms with van der Waals surface area (Å²) >= 11 is 6.44. The zero-order chi connectivity index (χ0) is 28.4. The van der Waals surface area contributed by atoms with Gasteiger partial charge < -0.3 is 20.7 Å². The van der Waals surface area contributed by atoms with Crippen LogP contribution in [0.1, 0.15) is 64.5 Å². The normalized spacial score (nSPS) is 14.9. The van der Waals surface area contributed by atoms with Crippen LogP contribution in [0.2, 0.25) is 5.02 Å². The van der Waals surface area contributed by atoms with Crippen molar-refractivity contribution in [1.82, 2.24) is 15.3 Å². The average molecular weight is 572 g/mol. The van der Waals surface area contributed by atoms with Crippen LogP contribution in [0.3, 0.4) is 0 Å². The summed E-state index contributed by atoms with van der Waals surface area (Å²) in [5.41, 5.74) is 3.62. The highest BCUT2D eigenvalue weighted by atomic mass is 35.5. The number of sulfone groups is 1. The number of nitrogens with one attached hydrogen (secondary N) is 3. The molecule has 1 fully saturated rings. The van der Waals surface area contributed by atoms with Crippen LogP contribution in [0.25, 0.3) is 0 Å². The van der Waals surface area contributed by atoms with Crippen LogP contribution in [0.5, 0.6) is 5.75 Å². The molecule has 0 aliphatic carbocycles. The molecule has 0 radical (unpaired) electrons. The monoisotopic (exact) mass is 571 g/mol. The minimum absolute atomic E-state index is 0.0150. The molecule has 8 nitrogen and oxygen atoms in total. The number of aryl methyl sites for hydroxylation is 1. The van der Waals surface area contributed by atoms with Gasteiger partial charge in [0.05, 0.1) is 33.3 Å². The Kier molecular flexibility index (Phi) is 8.73. The van der Waals surface area contributed by atoms with Crippen molar-refractivity contribution in [3.05, 3.63) is 58.7 Å². The van der Waals surface area contributed by atoms with Gasteiger partial charge in [-0.05, 0) is 109 Å². The number of benzene rings is 2. The average Bonchev–Trinajstić information content (AvgIpc) is 2.87. The third-order valence-electron chi connectivity index (χ3n) is 6.74. The number of halogens is 1. The Balaban J connectivity index is 1.67. The van der Waals surface area contributed by atoms with E-state index in [0.29, 0.717) is 23.4 Å². The van der Waals surface area contributed by atoms with E-state index in [1.165, 1.54) is 17.3 Å². The Hall–Kier alpha value is -2.88. The summed E-state index contributed by atoms with van der Waals surface area (Å²) in [6.45, 7) is 13.2. The summed E-state index contributed by atoms with van der Waals surface area (Å²) in [4.78, 5) is 9.14.